The summed E-state index contributed by atoms with van der Waals surface area (Å²) < 4.78 is 13.9. The molecule has 2 aliphatic rings. The molecule has 1 aromatic carbocycles. The molecule has 3 atom stereocenters. The molecule has 1 fully saturated rings. The maximum Gasteiger partial charge on any atom is 0.287 e. The molecular formula is C26H35ClN6O5S. The van der Waals surface area contributed by atoms with Crippen LogP contribution < -0.4 is 16.4 Å². The molecule has 2 heterocycles. The average molecular weight is 579 g/mol. The van der Waals surface area contributed by atoms with E-state index >= 15 is 0 Å². The van der Waals surface area contributed by atoms with Crippen molar-refractivity contribution in [3.8, 4) is 0 Å². The van der Waals surface area contributed by atoms with Gasteiger partial charge in [0.2, 0.25) is 5.91 Å². The van der Waals surface area contributed by atoms with Gasteiger partial charge in [0.1, 0.15) is 11.7 Å². The van der Waals surface area contributed by atoms with Gasteiger partial charge in [0.25, 0.3) is 11.8 Å². The molecule has 1 aliphatic carbocycles. The Labute approximate surface area is 234 Å². The van der Waals surface area contributed by atoms with Crippen molar-refractivity contribution in [2.75, 3.05) is 19.6 Å². The maximum atomic E-state index is 13.7. The molecule has 0 saturated heterocycles. The highest BCUT2D eigenvalue weighted by Crippen LogP contribution is 2.46. The number of halogens is 1. The summed E-state index contributed by atoms with van der Waals surface area (Å²) in [6.07, 6.45) is 1.81. The Kier molecular flexibility index (Phi) is 8.50. The molecule has 0 bridgehead atoms. The summed E-state index contributed by atoms with van der Waals surface area (Å²) in [7, 11) is -1.38. The van der Waals surface area contributed by atoms with E-state index in [1.54, 1.807) is 35.4 Å². The van der Waals surface area contributed by atoms with E-state index in [2.05, 4.69) is 15.6 Å². The number of benzene rings is 1. The van der Waals surface area contributed by atoms with Gasteiger partial charge in [0.15, 0.2) is 5.82 Å². The average Bonchev–Trinajstić information content (AvgIpc) is 3.55. The van der Waals surface area contributed by atoms with Crippen molar-refractivity contribution in [2.45, 2.75) is 68.3 Å². The van der Waals surface area contributed by atoms with Crippen LogP contribution in [0.1, 0.15) is 60.3 Å². The number of carbonyl (C=O) groups is 3. The molecule has 1 aromatic heterocycles. The molecular weight excluding hydrogens is 544 g/mol. The highest BCUT2D eigenvalue weighted by molar-refractivity contribution is 7.88. The Morgan fingerprint density at radius 1 is 1.23 bits per heavy atom. The second-order valence-corrected chi connectivity index (χ2v) is 13.8. The molecule has 39 heavy (non-hydrogen) atoms. The van der Waals surface area contributed by atoms with Crippen LogP contribution in [0.5, 0.6) is 0 Å². The molecule has 3 unspecified atom stereocenters. The summed E-state index contributed by atoms with van der Waals surface area (Å²) in [5, 5.41) is 15.7. The van der Waals surface area contributed by atoms with Crippen LogP contribution in [-0.4, -0.2) is 82.8 Å². The van der Waals surface area contributed by atoms with Crippen LogP contribution in [0.25, 0.3) is 0 Å². The second kappa shape index (κ2) is 11.4. The van der Waals surface area contributed by atoms with Gasteiger partial charge in [-0.2, -0.15) is 0 Å². The summed E-state index contributed by atoms with van der Waals surface area (Å²) in [6.45, 7) is 6.53. The topological polar surface area (TPSA) is 160 Å². The van der Waals surface area contributed by atoms with E-state index in [0.29, 0.717) is 49.7 Å². The first-order chi connectivity index (χ1) is 18.3. The molecule has 13 heteroatoms. The van der Waals surface area contributed by atoms with Gasteiger partial charge in [-0.3, -0.25) is 18.6 Å². The van der Waals surface area contributed by atoms with Gasteiger partial charge in [-0.15, -0.1) is 0 Å². The Morgan fingerprint density at radius 2 is 1.90 bits per heavy atom. The van der Waals surface area contributed by atoms with Crippen molar-refractivity contribution in [1.82, 2.24) is 25.1 Å². The van der Waals surface area contributed by atoms with Crippen molar-refractivity contribution >= 4 is 40.1 Å². The summed E-state index contributed by atoms with van der Waals surface area (Å²) in [5.74, 6) is -0.976. The third-order valence-electron chi connectivity index (χ3n) is 7.22. The monoisotopic (exact) mass is 578 g/mol. The SMILES string of the molecule is CC(O)C(N)C(=O)NCC(C)(C)S(=O)C1(CN2CCn3c(cnc3C(=O)NCc3ccc(Cl)cc3)C2=O)CC1. The number of aliphatic hydroxyl groups is 1. The standard InChI is InChI=1S/C26H35ClN6O5S/c1-16(34)20(28)22(35)31-14-25(2,3)39(38)26(8-9-26)15-32-10-11-33-19(24(32)37)13-29-21(33)23(36)30-12-17-4-6-18(27)7-5-17/h4-7,13,16,20,34H,8-12,14-15,28H2,1-3H3,(H,30,36)(H,31,35). The molecule has 212 valence electrons. The van der Waals surface area contributed by atoms with Crippen LogP contribution in [0.4, 0.5) is 0 Å². The lowest BCUT2D eigenvalue weighted by Crippen LogP contribution is -2.54. The van der Waals surface area contributed by atoms with Crippen LogP contribution in [0.2, 0.25) is 5.02 Å². The zero-order chi connectivity index (χ0) is 28.5. The number of aromatic nitrogens is 2. The fourth-order valence-electron chi connectivity index (χ4n) is 4.63. The molecule has 5 N–H and O–H groups in total. The van der Waals surface area contributed by atoms with Crippen LogP contribution in [-0.2, 0) is 28.7 Å². The number of rotatable bonds is 11. The number of fused-ring (bicyclic) bond motifs is 1. The Hall–Kier alpha value is -2.80. The van der Waals surface area contributed by atoms with Crippen molar-refractivity contribution < 1.29 is 23.7 Å². The Balaban J connectivity index is 1.37. The molecule has 1 aliphatic heterocycles. The molecule has 3 amide bonds. The number of nitrogens with zero attached hydrogens (tertiary/aromatic N) is 3. The smallest absolute Gasteiger partial charge is 0.287 e. The zero-order valence-corrected chi connectivity index (χ0v) is 23.8. The van der Waals surface area contributed by atoms with E-state index < -0.39 is 38.3 Å². The van der Waals surface area contributed by atoms with Gasteiger partial charge in [0, 0.05) is 48.5 Å². The summed E-state index contributed by atoms with van der Waals surface area (Å²) in [5.41, 5.74) is 6.90. The largest absolute Gasteiger partial charge is 0.391 e. The van der Waals surface area contributed by atoms with E-state index in [1.807, 2.05) is 12.1 Å². The lowest BCUT2D eigenvalue weighted by Gasteiger charge is -2.35. The van der Waals surface area contributed by atoms with Crippen LogP contribution in [0.3, 0.4) is 0 Å². The molecule has 2 aromatic rings. The second-order valence-electron chi connectivity index (χ2n) is 10.9. The first-order valence-electron chi connectivity index (χ1n) is 12.9. The van der Waals surface area contributed by atoms with Crippen LogP contribution >= 0.6 is 11.6 Å². The number of aliphatic hydroxyl groups excluding tert-OH is 1. The third kappa shape index (κ3) is 6.34. The van der Waals surface area contributed by atoms with Crippen LogP contribution in [0, 0.1) is 0 Å². The van der Waals surface area contributed by atoms with Gasteiger partial charge >= 0.3 is 0 Å². The van der Waals surface area contributed by atoms with Crippen molar-refractivity contribution in [3.05, 3.63) is 52.6 Å². The minimum absolute atomic E-state index is 0.121. The number of imidazole rings is 1. The number of hydrogen-bond acceptors (Lipinski definition) is 7. The lowest BCUT2D eigenvalue weighted by atomic mass is 10.1. The van der Waals surface area contributed by atoms with Gasteiger partial charge < -0.3 is 30.9 Å². The molecule has 1 saturated carbocycles. The molecule has 0 radical (unpaired) electrons. The normalized spacial score (nSPS) is 18.6. The van der Waals surface area contributed by atoms with E-state index in [-0.39, 0.29) is 24.2 Å². The third-order valence-corrected chi connectivity index (χ3v) is 9.94. The van der Waals surface area contributed by atoms with Crippen molar-refractivity contribution in [2.24, 2.45) is 5.73 Å². The number of hydrogen-bond donors (Lipinski definition) is 4. The number of amides is 3. The number of nitrogens with one attached hydrogen (secondary N) is 2. The molecule has 4 rings (SSSR count). The van der Waals surface area contributed by atoms with Gasteiger partial charge in [0.05, 0.1) is 21.8 Å². The van der Waals surface area contributed by atoms with E-state index in [4.69, 9.17) is 17.3 Å². The quantitative estimate of drug-likeness (QED) is 0.307. The fraction of sp³-hybridized carbons (Fsp3) is 0.538. The van der Waals surface area contributed by atoms with Gasteiger partial charge in [-0.25, -0.2) is 4.98 Å². The minimum Gasteiger partial charge on any atom is -0.391 e. The predicted octanol–water partition coefficient (Wildman–Crippen LogP) is 0.807. The Bertz CT molecular complexity index is 1270. The van der Waals surface area contributed by atoms with Crippen molar-refractivity contribution in [1.29, 1.82) is 0 Å². The van der Waals surface area contributed by atoms with E-state index in [0.717, 1.165) is 5.56 Å². The van der Waals surface area contributed by atoms with Gasteiger partial charge in [-0.1, -0.05) is 23.7 Å². The summed E-state index contributed by atoms with van der Waals surface area (Å²) >= 11 is 5.91. The van der Waals surface area contributed by atoms with E-state index in [1.165, 1.54) is 13.1 Å². The van der Waals surface area contributed by atoms with Crippen LogP contribution in [0.15, 0.2) is 30.5 Å². The highest BCUT2D eigenvalue weighted by Gasteiger charge is 2.55. The molecule has 0 spiro atoms. The summed E-state index contributed by atoms with van der Waals surface area (Å²) in [4.78, 5) is 44.2. The number of nitrogens with two attached hydrogens (primary N) is 1. The zero-order valence-electron chi connectivity index (χ0n) is 22.3. The minimum atomic E-state index is -1.38. The lowest BCUT2D eigenvalue weighted by molar-refractivity contribution is -0.124. The predicted molar refractivity (Wildman–Crippen MR) is 148 cm³/mol. The number of carbonyl (C=O) groups excluding carboxylic acids is 3. The fourth-order valence-corrected chi connectivity index (χ4v) is 6.88. The van der Waals surface area contributed by atoms with Gasteiger partial charge in [-0.05, 0) is 51.3 Å². The Morgan fingerprint density at radius 3 is 2.51 bits per heavy atom. The highest BCUT2D eigenvalue weighted by atomic mass is 35.5. The van der Waals surface area contributed by atoms with Crippen molar-refractivity contribution in [3.63, 3.8) is 0 Å². The first-order valence-corrected chi connectivity index (χ1v) is 14.4. The molecule has 11 nitrogen and oxygen atoms in total. The summed E-state index contributed by atoms with van der Waals surface area (Å²) in [6, 6.07) is 6.07. The maximum absolute atomic E-state index is 13.7. The van der Waals surface area contributed by atoms with E-state index in [9.17, 15) is 23.7 Å². The first kappa shape index (κ1) is 29.2.